The van der Waals surface area contributed by atoms with E-state index in [2.05, 4.69) is 15.9 Å². The average Bonchev–Trinajstić information content (AvgIpc) is 2.65. The smallest absolute Gasteiger partial charge is 0.143 e. The van der Waals surface area contributed by atoms with Gasteiger partial charge in [-0.05, 0) is 59.7 Å². The van der Waals surface area contributed by atoms with Crippen molar-refractivity contribution < 1.29 is 8.78 Å². The quantitative estimate of drug-likeness (QED) is 0.830. The van der Waals surface area contributed by atoms with Crippen LogP contribution in [0.2, 0.25) is 0 Å². The van der Waals surface area contributed by atoms with Gasteiger partial charge in [-0.3, -0.25) is 0 Å². The Morgan fingerprint density at radius 1 is 1.31 bits per heavy atom. The van der Waals surface area contributed by atoms with Gasteiger partial charge in [0, 0.05) is 11.6 Å². The van der Waals surface area contributed by atoms with Crippen LogP contribution in [0.25, 0.3) is 0 Å². The third-order valence-electron chi connectivity index (χ3n) is 3.21. The van der Waals surface area contributed by atoms with E-state index in [-0.39, 0.29) is 11.6 Å². The summed E-state index contributed by atoms with van der Waals surface area (Å²) in [5, 5.41) is 0. The van der Waals surface area contributed by atoms with E-state index in [9.17, 15) is 8.78 Å². The first-order valence-electron chi connectivity index (χ1n) is 5.46. The molecule has 2 atom stereocenters. The van der Waals surface area contributed by atoms with Crippen LogP contribution in [0.15, 0.2) is 16.6 Å². The van der Waals surface area contributed by atoms with Crippen LogP contribution in [-0.2, 0) is 6.42 Å². The van der Waals surface area contributed by atoms with Crippen molar-refractivity contribution in [2.75, 3.05) is 0 Å². The van der Waals surface area contributed by atoms with Crippen LogP contribution in [-0.4, -0.2) is 6.04 Å². The number of nitrogens with two attached hydrogens (primary N) is 1. The first kappa shape index (κ1) is 12.0. The van der Waals surface area contributed by atoms with Crippen LogP contribution >= 0.6 is 15.9 Å². The van der Waals surface area contributed by atoms with Crippen molar-refractivity contribution in [1.29, 1.82) is 0 Å². The molecule has 0 saturated heterocycles. The Bertz CT molecular complexity index is 395. The molecule has 4 heteroatoms. The van der Waals surface area contributed by atoms with Crippen LogP contribution in [0.4, 0.5) is 8.78 Å². The van der Waals surface area contributed by atoms with Crippen LogP contribution < -0.4 is 5.73 Å². The van der Waals surface area contributed by atoms with Crippen molar-refractivity contribution >= 4 is 15.9 Å². The molecule has 1 nitrogen and oxygen atoms in total. The van der Waals surface area contributed by atoms with Gasteiger partial charge in [-0.1, -0.05) is 0 Å². The maximum absolute atomic E-state index is 13.7. The monoisotopic (exact) mass is 289 g/mol. The third kappa shape index (κ3) is 2.43. The lowest BCUT2D eigenvalue weighted by atomic mass is 9.97. The predicted octanol–water partition coefficient (Wildman–Crippen LogP) is 3.40. The van der Waals surface area contributed by atoms with Gasteiger partial charge in [-0.25, -0.2) is 8.78 Å². The molecule has 1 aliphatic carbocycles. The zero-order valence-electron chi connectivity index (χ0n) is 8.85. The summed E-state index contributed by atoms with van der Waals surface area (Å²) < 4.78 is 27.5. The van der Waals surface area contributed by atoms with Gasteiger partial charge in [0.25, 0.3) is 0 Å². The minimum absolute atomic E-state index is 0.188. The lowest BCUT2D eigenvalue weighted by Crippen LogP contribution is -2.15. The van der Waals surface area contributed by atoms with Gasteiger partial charge in [-0.2, -0.15) is 0 Å². The summed E-state index contributed by atoms with van der Waals surface area (Å²) >= 11 is 3.08. The number of hydrogen-bond donors (Lipinski definition) is 1. The summed E-state index contributed by atoms with van der Waals surface area (Å²) in [7, 11) is 0. The SMILES string of the molecule is NC1CCC(Cc2c(F)ccc(Br)c2F)C1. The van der Waals surface area contributed by atoms with Crippen LogP contribution in [0.5, 0.6) is 0 Å². The lowest BCUT2D eigenvalue weighted by molar-refractivity contribution is 0.484. The summed E-state index contributed by atoms with van der Waals surface area (Å²) in [6.45, 7) is 0. The highest BCUT2D eigenvalue weighted by Gasteiger charge is 2.24. The normalized spacial score (nSPS) is 25.0. The number of rotatable bonds is 2. The van der Waals surface area contributed by atoms with E-state index in [4.69, 9.17) is 5.73 Å². The molecule has 2 rings (SSSR count). The van der Waals surface area contributed by atoms with Gasteiger partial charge in [0.05, 0.1) is 4.47 Å². The molecule has 1 aliphatic rings. The predicted molar refractivity (Wildman–Crippen MR) is 63.1 cm³/mol. The molecule has 0 heterocycles. The van der Waals surface area contributed by atoms with Gasteiger partial charge in [-0.15, -0.1) is 0 Å². The Balaban J connectivity index is 2.18. The number of benzene rings is 1. The molecule has 2 N–H and O–H groups in total. The summed E-state index contributed by atoms with van der Waals surface area (Å²) in [6.07, 6.45) is 3.24. The van der Waals surface area contributed by atoms with E-state index in [0.717, 1.165) is 19.3 Å². The molecular formula is C12H14BrF2N. The Kier molecular flexibility index (Phi) is 3.60. The Morgan fingerprint density at radius 2 is 2.06 bits per heavy atom. The fourth-order valence-corrected chi connectivity index (χ4v) is 2.72. The summed E-state index contributed by atoms with van der Waals surface area (Å²) in [5.74, 6) is -0.616. The van der Waals surface area contributed by atoms with E-state index >= 15 is 0 Å². The first-order valence-corrected chi connectivity index (χ1v) is 6.25. The van der Waals surface area contributed by atoms with Gasteiger partial charge >= 0.3 is 0 Å². The van der Waals surface area contributed by atoms with E-state index in [1.165, 1.54) is 12.1 Å². The van der Waals surface area contributed by atoms with Crippen molar-refractivity contribution in [3.8, 4) is 0 Å². The van der Waals surface area contributed by atoms with Crippen LogP contribution in [0, 0.1) is 17.6 Å². The Morgan fingerprint density at radius 3 is 2.69 bits per heavy atom. The highest BCUT2D eigenvalue weighted by Crippen LogP contribution is 2.31. The van der Waals surface area contributed by atoms with Gasteiger partial charge in [0.2, 0.25) is 0 Å². The fourth-order valence-electron chi connectivity index (χ4n) is 2.34. The molecule has 0 radical (unpaired) electrons. The average molecular weight is 290 g/mol. The standard InChI is InChI=1S/C12H14BrF2N/c13-10-3-4-11(14)9(12(10)15)6-7-1-2-8(16)5-7/h3-4,7-8H,1-2,5-6,16H2. The summed E-state index contributed by atoms with van der Waals surface area (Å²) in [5.41, 5.74) is 5.98. The van der Waals surface area contributed by atoms with Crippen molar-refractivity contribution in [2.45, 2.75) is 31.7 Å². The van der Waals surface area contributed by atoms with Gasteiger partial charge in [0.15, 0.2) is 0 Å². The van der Waals surface area contributed by atoms with Gasteiger partial charge in [0.1, 0.15) is 11.6 Å². The van der Waals surface area contributed by atoms with E-state index in [1.54, 1.807) is 0 Å². The highest BCUT2D eigenvalue weighted by atomic mass is 79.9. The molecule has 1 fully saturated rings. The second kappa shape index (κ2) is 4.80. The molecule has 1 saturated carbocycles. The number of halogens is 3. The zero-order valence-corrected chi connectivity index (χ0v) is 10.4. The Hall–Kier alpha value is -0.480. The molecule has 0 bridgehead atoms. The van der Waals surface area contributed by atoms with E-state index < -0.39 is 11.6 Å². The summed E-state index contributed by atoms with van der Waals surface area (Å²) in [6, 6.07) is 2.90. The maximum atomic E-state index is 13.7. The number of hydrogen-bond acceptors (Lipinski definition) is 1. The zero-order chi connectivity index (χ0) is 11.7. The molecule has 0 aromatic heterocycles. The van der Waals surface area contributed by atoms with E-state index in [1.807, 2.05) is 0 Å². The molecule has 2 unspecified atom stereocenters. The minimum Gasteiger partial charge on any atom is -0.328 e. The van der Waals surface area contributed by atoms with Crippen molar-refractivity contribution in [3.05, 3.63) is 33.8 Å². The first-order chi connectivity index (χ1) is 7.58. The third-order valence-corrected chi connectivity index (χ3v) is 3.83. The maximum Gasteiger partial charge on any atom is 0.143 e. The second-order valence-electron chi connectivity index (χ2n) is 4.47. The van der Waals surface area contributed by atoms with Crippen molar-refractivity contribution in [3.63, 3.8) is 0 Å². The molecule has 0 aliphatic heterocycles. The molecule has 1 aromatic carbocycles. The van der Waals surface area contributed by atoms with Crippen LogP contribution in [0.3, 0.4) is 0 Å². The fraction of sp³-hybridized carbons (Fsp3) is 0.500. The minimum atomic E-state index is -0.472. The lowest BCUT2D eigenvalue weighted by Gasteiger charge is -2.11. The second-order valence-corrected chi connectivity index (χ2v) is 5.32. The molecule has 1 aromatic rings. The molecule has 0 spiro atoms. The molecule has 0 amide bonds. The van der Waals surface area contributed by atoms with E-state index in [0.29, 0.717) is 16.8 Å². The van der Waals surface area contributed by atoms with Gasteiger partial charge < -0.3 is 5.73 Å². The van der Waals surface area contributed by atoms with Crippen molar-refractivity contribution in [2.24, 2.45) is 11.7 Å². The molecular weight excluding hydrogens is 276 g/mol. The Labute approximate surface area is 102 Å². The molecule has 88 valence electrons. The topological polar surface area (TPSA) is 26.0 Å². The van der Waals surface area contributed by atoms with Crippen molar-refractivity contribution in [1.82, 2.24) is 0 Å². The summed E-state index contributed by atoms with van der Waals surface area (Å²) in [4.78, 5) is 0. The molecule has 16 heavy (non-hydrogen) atoms. The largest absolute Gasteiger partial charge is 0.328 e. The van der Waals surface area contributed by atoms with Crippen LogP contribution in [0.1, 0.15) is 24.8 Å². The highest BCUT2D eigenvalue weighted by molar-refractivity contribution is 9.10.